The molecule has 0 aliphatic carbocycles. The number of alkyl halides is 3. The van der Waals surface area contributed by atoms with Gasteiger partial charge < -0.3 is 4.18 Å². The number of aryl methyl sites for hydroxylation is 1. The third-order valence-corrected chi connectivity index (χ3v) is 3.33. The highest BCUT2D eigenvalue weighted by molar-refractivity contribution is 7.87. The van der Waals surface area contributed by atoms with Crippen molar-refractivity contribution < 1.29 is 25.8 Å². The lowest BCUT2D eigenvalue weighted by atomic mass is 10.1. The summed E-state index contributed by atoms with van der Waals surface area (Å²) in [7, 11) is -5.69. The summed E-state index contributed by atoms with van der Waals surface area (Å²) in [4.78, 5) is 3.77. The Kier molecular flexibility index (Phi) is 3.13. The summed E-state index contributed by atoms with van der Waals surface area (Å²) in [6, 6.07) is 7.68. The molecule has 8 heteroatoms. The van der Waals surface area contributed by atoms with Gasteiger partial charge in [-0.3, -0.25) is 0 Å². The standard InChI is InChI=1S/C11H8F3NO3S/c1-7-3-2-4-8-5-6-9(15-10(7)8)18-19(16,17)11(12,13)14/h2-6H,1H3. The minimum atomic E-state index is -5.69. The third-order valence-electron chi connectivity index (χ3n) is 2.37. The Hall–Kier alpha value is -1.83. The first kappa shape index (κ1) is 13.6. The molecule has 0 aliphatic rings. The Balaban J connectivity index is 2.46. The maximum absolute atomic E-state index is 12.2. The molecule has 2 rings (SSSR count). The van der Waals surface area contributed by atoms with Crippen LogP contribution in [0.5, 0.6) is 5.88 Å². The average Bonchev–Trinajstić information content (AvgIpc) is 2.28. The largest absolute Gasteiger partial charge is 0.534 e. The SMILES string of the molecule is Cc1cccc2ccc(OS(=O)(=O)C(F)(F)F)nc12. The number of benzene rings is 1. The molecule has 2 aromatic rings. The van der Waals surface area contributed by atoms with E-state index in [1.54, 1.807) is 25.1 Å². The van der Waals surface area contributed by atoms with Gasteiger partial charge in [0.05, 0.1) is 5.52 Å². The van der Waals surface area contributed by atoms with Crippen LogP contribution in [0.1, 0.15) is 5.56 Å². The number of hydrogen-bond acceptors (Lipinski definition) is 4. The molecule has 1 aromatic heterocycles. The zero-order chi connectivity index (χ0) is 14.3. The number of pyridine rings is 1. The van der Waals surface area contributed by atoms with Crippen LogP contribution in [0.25, 0.3) is 10.9 Å². The molecule has 0 atom stereocenters. The van der Waals surface area contributed by atoms with Gasteiger partial charge in [-0.2, -0.15) is 21.6 Å². The van der Waals surface area contributed by atoms with Crippen molar-refractivity contribution in [2.75, 3.05) is 0 Å². The lowest BCUT2D eigenvalue weighted by Gasteiger charge is -2.09. The number of halogens is 3. The molecular weight excluding hydrogens is 283 g/mol. The van der Waals surface area contributed by atoms with Crippen LogP contribution in [0.4, 0.5) is 13.2 Å². The average molecular weight is 291 g/mol. The second-order valence-electron chi connectivity index (χ2n) is 3.78. The van der Waals surface area contributed by atoms with Crippen molar-refractivity contribution in [3.63, 3.8) is 0 Å². The summed E-state index contributed by atoms with van der Waals surface area (Å²) in [5.41, 5.74) is -4.39. The molecule has 0 radical (unpaired) electrons. The van der Waals surface area contributed by atoms with Gasteiger partial charge >= 0.3 is 15.6 Å². The highest BCUT2D eigenvalue weighted by Gasteiger charge is 2.48. The van der Waals surface area contributed by atoms with E-state index in [-0.39, 0.29) is 0 Å². The summed E-state index contributed by atoms with van der Waals surface area (Å²) in [5, 5.41) is 0.678. The Morgan fingerprint density at radius 1 is 1.16 bits per heavy atom. The van der Waals surface area contributed by atoms with E-state index in [0.717, 1.165) is 6.07 Å². The van der Waals surface area contributed by atoms with Crippen LogP contribution in [-0.2, 0) is 10.1 Å². The molecule has 1 heterocycles. The van der Waals surface area contributed by atoms with Gasteiger partial charge in [0.2, 0.25) is 5.88 Å². The fourth-order valence-corrected chi connectivity index (χ4v) is 1.90. The van der Waals surface area contributed by atoms with Crippen LogP contribution in [0.15, 0.2) is 30.3 Å². The van der Waals surface area contributed by atoms with E-state index in [2.05, 4.69) is 9.17 Å². The molecule has 19 heavy (non-hydrogen) atoms. The predicted octanol–water partition coefficient (Wildman–Crippen LogP) is 2.77. The Bertz CT molecular complexity index is 726. The Labute approximate surface area is 107 Å². The van der Waals surface area contributed by atoms with E-state index in [4.69, 9.17) is 0 Å². The van der Waals surface area contributed by atoms with Crippen LogP contribution < -0.4 is 4.18 Å². The number of hydrogen-bond donors (Lipinski definition) is 0. The molecule has 0 aliphatic heterocycles. The quantitative estimate of drug-likeness (QED) is 0.630. The number of para-hydroxylation sites is 1. The van der Waals surface area contributed by atoms with Gasteiger partial charge in [0.25, 0.3) is 0 Å². The maximum atomic E-state index is 12.2. The fraction of sp³-hybridized carbons (Fsp3) is 0.182. The molecule has 0 saturated heterocycles. The van der Waals surface area contributed by atoms with Crippen LogP contribution in [-0.4, -0.2) is 18.9 Å². The molecule has 0 bridgehead atoms. The molecule has 0 unspecified atom stereocenters. The molecular formula is C11H8F3NO3S. The van der Waals surface area contributed by atoms with Crippen LogP contribution in [0.2, 0.25) is 0 Å². The zero-order valence-electron chi connectivity index (χ0n) is 9.60. The van der Waals surface area contributed by atoms with Crippen molar-refractivity contribution in [2.45, 2.75) is 12.4 Å². The van der Waals surface area contributed by atoms with Crippen LogP contribution in [0.3, 0.4) is 0 Å². The van der Waals surface area contributed by atoms with Crippen molar-refractivity contribution in [1.82, 2.24) is 4.98 Å². The summed E-state index contributed by atoms with van der Waals surface area (Å²) in [5.74, 6) is -0.612. The number of aromatic nitrogens is 1. The second-order valence-corrected chi connectivity index (χ2v) is 5.32. The van der Waals surface area contributed by atoms with E-state index >= 15 is 0 Å². The molecule has 102 valence electrons. The van der Waals surface area contributed by atoms with Crippen molar-refractivity contribution >= 4 is 21.0 Å². The van der Waals surface area contributed by atoms with Gasteiger partial charge in [0.1, 0.15) is 0 Å². The smallest absolute Gasteiger partial charge is 0.355 e. The lowest BCUT2D eigenvalue weighted by molar-refractivity contribution is -0.0501. The minimum Gasteiger partial charge on any atom is -0.355 e. The van der Waals surface area contributed by atoms with Crippen molar-refractivity contribution in [3.8, 4) is 5.88 Å². The van der Waals surface area contributed by atoms with Crippen LogP contribution >= 0.6 is 0 Å². The van der Waals surface area contributed by atoms with Crippen molar-refractivity contribution in [3.05, 3.63) is 35.9 Å². The fourth-order valence-electron chi connectivity index (χ4n) is 1.48. The van der Waals surface area contributed by atoms with Gasteiger partial charge in [0, 0.05) is 11.5 Å². The van der Waals surface area contributed by atoms with E-state index in [0.29, 0.717) is 16.5 Å². The van der Waals surface area contributed by atoms with Gasteiger partial charge in [-0.1, -0.05) is 18.2 Å². The summed E-state index contributed by atoms with van der Waals surface area (Å²) in [6.45, 7) is 1.71. The predicted molar refractivity (Wildman–Crippen MR) is 62.1 cm³/mol. The molecule has 0 saturated carbocycles. The van der Waals surface area contributed by atoms with Gasteiger partial charge in [-0.25, -0.2) is 4.98 Å². The van der Waals surface area contributed by atoms with Gasteiger partial charge in [0.15, 0.2) is 0 Å². The molecule has 0 spiro atoms. The second kappa shape index (κ2) is 4.37. The van der Waals surface area contributed by atoms with Crippen molar-refractivity contribution in [2.24, 2.45) is 0 Å². The lowest BCUT2D eigenvalue weighted by Crippen LogP contribution is -2.28. The number of nitrogens with zero attached hydrogens (tertiary/aromatic N) is 1. The van der Waals surface area contributed by atoms with E-state index in [1.807, 2.05) is 0 Å². The highest BCUT2D eigenvalue weighted by Crippen LogP contribution is 2.27. The normalized spacial score (nSPS) is 12.6. The van der Waals surface area contributed by atoms with Crippen LogP contribution in [0, 0.1) is 6.92 Å². The molecule has 0 N–H and O–H groups in total. The summed E-state index contributed by atoms with van der Waals surface area (Å²) >= 11 is 0. The molecule has 0 amide bonds. The van der Waals surface area contributed by atoms with Crippen molar-refractivity contribution in [1.29, 1.82) is 0 Å². The maximum Gasteiger partial charge on any atom is 0.534 e. The number of fused-ring (bicyclic) bond motifs is 1. The van der Waals surface area contributed by atoms with Gasteiger partial charge in [-0.15, -0.1) is 0 Å². The first-order valence-corrected chi connectivity index (χ1v) is 6.49. The van der Waals surface area contributed by atoms with E-state index in [9.17, 15) is 21.6 Å². The van der Waals surface area contributed by atoms with Gasteiger partial charge in [-0.05, 0) is 18.6 Å². The minimum absolute atomic E-state index is 0.386. The first-order valence-electron chi connectivity index (χ1n) is 5.08. The molecule has 0 fully saturated rings. The summed E-state index contributed by atoms with van der Waals surface area (Å²) in [6.07, 6.45) is 0. The Morgan fingerprint density at radius 2 is 1.84 bits per heavy atom. The number of rotatable bonds is 2. The monoisotopic (exact) mass is 291 g/mol. The Morgan fingerprint density at radius 3 is 2.47 bits per heavy atom. The first-order chi connectivity index (χ1) is 8.71. The summed E-state index contributed by atoms with van der Waals surface area (Å²) < 4.78 is 62.2. The topological polar surface area (TPSA) is 56.3 Å². The molecule has 1 aromatic carbocycles. The van der Waals surface area contributed by atoms with E-state index in [1.165, 1.54) is 6.07 Å². The van der Waals surface area contributed by atoms with E-state index < -0.39 is 21.5 Å². The highest BCUT2D eigenvalue weighted by atomic mass is 32.2. The third kappa shape index (κ3) is 2.62. The molecule has 4 nitrogen and oxygen atoms in total. The zero-order valence-corrected chi connectivity index (χ0v) is 10.4.